The molecule has 0 fully saturated rings. The van der Waals surface area contributed by atoms with Crippen LogP contribution in [0.3, 0.4) is 0 Å². The Morgan fingerprint density at radius 3 is 2.65 bits per heavy atom. The molecule has 1 aromatic heterocycles. The van der Waals surface area contributed by atoms with Gasteiger partial charge in [-0.1, -0.05) is 42.3 Å². The van der Waals surface area contributed by atoms with E-state index in [4.69, 9.17) is 23.2 Å². The average Bonchev–Trinajstić information content (AvgIpc) is 2.80. The Hall–Kier alpha value is -0.540. The van der Waals surface area contributed by atoms with Gasteiger partial charge in [-0.15, -0.1) is 11.3 Å². The fourth-order valence-corrected chi connectivity index (χ4v) is 2.99. The number of aryl methyl sites for hydroxylation is 1. The first-order chi connectivity index (χ1) is 8.13. The molecule has 0 aliphatic rings. The molecule has 0 saturated heterocycles. The lowest BCUT2D eigenvalue weighted by atomic mass is 10.1. The summed E-state index contributed by atoms with van der Waals surface area (Å²) in [5.41, 5.74) is 0.656. The highest BCUT2D eigenvalue weighted by atomic mass is 35.5. The molecule has 2 rings (SSSR count). The van der Waals surface area contributed by atoms with Crippen LogP contribution in [0.4, 0.5) is 0 Å². The molecule has 1 N–H and O–H groups in total. The lowest BCUT2D eigenvalue weighted by Gasteiger charge is -2.11. The summed E-state index contributed by atoms with van der Waals surface area (Å²) in [6.45, 7) is 2.09. The second-order valence-electron chi connectivity index (χ2n) is 3.70. The van der Waals surface area contributed by atoms with Crippen molar-refractivity contribution in [2.45, 2.75) is 19.4 Å². The minimum Gasteiger partial charge on any atom is -0.383 e. The normalized spacial score (nSPS) is 12.7. The zero-order chi connectivity index (χ0) is 12.4. The van der Waals surface area contributed by atoms with E-state index >= 15 is 0 Å². The van der Waals surface area contributed by atoms with Gasteiger partial charge in [0, 0.05) is 15.3 Å². The predicted molar refractivity (Wildman–Crippen MR) is 74.2 cm³/mol. The summed E-state index contributed by atoms with van der Waals surface area (Å²) in [6, 6.07) is 9.27. The van der Waals surface area contributed by atoms with E-state index < -0.39 is 6.10 Å². The molecule has 90 valence electrons. The standard InChI is InChI=1S/C13H12Cl2OS/c1-2-8-6-7-11(17-8)13(16)9-4-3-5-10(14)12(9)15/h3-7,13,16H,2H2,1H3. The van der Waals surface area contributed by atoms with Crippen molar-refractivity contribution in [3.8, 4) is 0 Å². The van der Waals surface area contributed by atoms with E-state index in [9.17, 15) is 5.11 Å². The number of hydrogen-bond donors (Lipinski definition) is 1. The second-order valence-corrected chi connectivity index (χ2v) is 5.69. The lowest BCUT2D eigenvalue weighted by Crippen LogP contribution is -1.98. The van der Waals surface area contributed by atoms with Crippen molar-refractivity contribution in [3.05, 3.63) is 55.7 Å². The Kier molecular flexibility index (Phi) is 4.10. The maximum Gasteiger partial charge on any atom is 0.115 e. The van der Waals surface area contributed by atoms with Gasteiger partial charge in [0.2, 0.25) is 0 Å². The first kappa shape index (κ1) is 12.9. The third kappa shape index (κ3) is 2.66. The van der Waals surface area contributed by atoms with Crippen LogP contribution in [0.1, 0.15) is 28.3 Å². The summed E-state index contributed by atoms with van der Waals surface area (Å²) in [7, 11) is 0. The molecule has 1 nitrogen and oxygen atoms in total. The van der Waals surface area contributed by atoms with Crippen molar-refractivity contribution in [2.24, 2.45) is 0 Å². The van der Waals surface area contributed by atoms with E-state index in [0.29, 0.717) is 15.6 Å². The number of hydrogen-bond acceptors (Lipinski definition) is 2. The smallest absolute Gasteiger partial charge is 0.115 e. The maximum absolute atomic E-state index is 10.3. The largest absolute Gasteiger partial charge is 0.383 e. The van der Waals surface area contributed by atoms with Crippen LogP contribution in [0.2, 0.25) is 10.0 Å². The van der Waals surface area contributed by atoms with Crippen molar-refractivity contribution in [1.82, 2.24) is 0 Å². The van der Waals surface area contributed by atoms with Crippen LogP contribution in [0.15, 0.2) is 30.3 Å². The number of aliphatic hydroxyl groups excluding tert-OH is 1. The Labute approximate surface area is 115 Å². The predicted octanol–water partition coefficient (Wildman–Crippen LogP) is 4.70. The van der Waals surface area contributed by atoms with Crippen LogP contribution in [-0.2, 0) is 6.42 Å². The highest BCUT2D eigenvalue weighted by molar-refractivity contribution is 7.12. The zero-order valence-electron chi connectivity index (χ0n) is 9.28. The first-order valence-electron chi connectivity index (χ1n) is 5.34. The quantitative estimate of drug-likeness (QED) is 0.867. The Balaban J connectivity index is 2.36. The summed E-state index contributed by atoms with van der Waals surface area (Å²) in [6.07, 6.45) is 0.271. The summed E-state index contributed by atoms with van der Waals surface area (Å²) in [5.74, 6) is 0. The molecule has 0 aliphatic heterocycles. The minimum atomic E-state index is -0.702. The number of aliphatic hydroxyl groups is 1. The van der Waals surface area contributed by atoms with Gasteiger partial charge in [0.25, 0.3) is 0 Å². The molecule has 4 heteroatoms. The van der Waals surface area contributed by atoms with Crippen LogP contribution in [-0.4, -0.2) is 5.11 Å². The molecule has 0 saturated carbocycles. The highest BCUT2D eigenvalue weighted by Crippen LogP contribution is 2.35. The molecule has 17 heavy (non-hydrogen) atoms. The van der Waals surface area contributed by atoms with Crippen LogP contribution in [0.25, 0.3) is 0 Å². The van der Waals surface area contributed by atoms with E-state index in [0.717, 1.165) is 11.3 Å². The van der Waals surface area contributed by atoms with E-state index in [-0.39, 0.29) is 0 Å². The highest BCUT2D eigenvalue weighted by Gasteiger charge is 2.17. The Morgan fingerprint density at radius 1 is 1.24 bits per heavy atom. The molecule has 0 spiro atoms. The summed E-state index contributed by atoms with van der Waals surface area (Å²) in [4.78, 5) is 2.14. The zero-order valence-corrected chi connectivity index (χ0v) is 11.6. The molecule has 1 unspecified atom stereocenters. The number of benzene rings is 1. The van der Waals surface area contributed by atoms with Crippen LogP contribution in [0, 0.1) is 0 Å². The fourth-order valence-electron chi connectivity index (χ4n) is 1.62. The van der Waals surface area contributed by atoms with Gasteiger partial charge in [-0.3, -0.25) is 0 Å². The van der Waals surface area contributed by atoms with Crippen LogP contribution in [0.5, 0.6) is 0 Å². The third-order valence-corrected chi connectivity index (χ3v) is 4.69. The van der Waals surface area contributed by atoms with E-state index in [2.05, 4.69) is 6.92 Å². The van der Waals surface area contributed by atoms with E-state index in [1.807, 2.05) is 12.1 Å². The van der Waals surface area contributed by atoms with E-state index in [1.54, 1.807) is 29.5 Å². The molecule has 1 heterocycles. The summed E-state index contributed by atoms with van der Waals surface area (Å²) in [5, 5.41) is 11.2. The topological polar surface area (TPSA) is 20.2 Å². The van der Waals surface area contributed by atoms with Gasteiger partial charge in [0.05, 0.1) is 10.0 Å². The number of halogens is 2. The molecule has 0 radical (unpaired) electrons. The van der Waals surface area contributed by atoms with Crippen molar-refractivity contribution in [1.29, 1.82) is 0 Å². The second kappa shape index (κ2) is 5.40. The molecule has 2 aromatic rings. The van der Waals surface area contributed by atoms with Gasteiger partial charge >= 0.3 is 0 Å². The van der Waals surface area contributed by atoms with Gasteiger partial charge in [0.1, 0.15) is 6.10 Å². The van der Waals surface area contributed by atoms with Crippen molar-refractivity contribution < 1.29 is 5.11 Å². The molecular weight excluding hydrogens is 275 g/mol. The molecule has 0 bridgehead atoms. The van der Waals surface area contributed by atoms with E-state index in [1.165, 1.54) is 4.88 Å². The van der Waals surface area contributed by atoms with Crippen molar-refractivity contribution in [2.75, 3.05) is 0 Å². The van der Waals surface area contributed by atoms with Gasteiger partial charge in [-0.2, -0.15) is 0 Å². The number of thiophene rings is 1. The maximum atomic E-state index is 10.3. The molecule has 1 aromatic carbocycles. The first-order valence-corrected chi connectivity index (χ1v) is 6.91. The summed E-state index contributed by atoms with van der Waals surface area (Å²) >= 11 is 13.6. The van der Waals surface area contributed by atoms with Crippen LogP contribution < -0.4 is 0 Å². The van der Waals surface area contributed by atoms with Gasteiger partial charge < -0.3 is 5.11 Å². The molecule has 1 atom stereocenters. The van der Waals surface area contributed by atoms with Crippen LogP contribution >= 0.6 is 34.5 Å². The monoisotopic (exact) mass is 286 g/mol. The SMILES string of the molecule is CCc1ccc(C(O)c2cccc(Cl)c2Cl)s1. The molecule has 0 aliphatic carbocycles. The lowest BCUT2D eigenvalue weighted by molar-refractivity contribution is 0.224. The fraction of sp³-hybridized carbons (Fsp3) is 0.231. The molecular formula is C13H12Cl2OS. The Bertz CT molecular complexity index is 522. The van der Waals surface area contributed by atoms with Gasteiger partial charge in [-0.25, -0.2) is 0 Å². The third-order valence-electron chi connectivity index (χ3n) is 2.58. The molecule has 0 amide bonds. The van der Waals surface area contributed by atoms with Gasteiger partial charge in [-0.05, 0) is 24.6 Å². The average molecular weight is 287 g/mol. The van der Waals surface area contributed by atoms with Crippen molar-refractivity contribution >= 4 is 34.5 Å². The van der Waals surface area contributed by atoms with Crippen molar-refractivity contribution in [3.63, 3.8) is 0 Å². The van der Waals surface area contributed by atoms with Gasteiger partial charge in [0.15, 0.2) is 0 Å². The minimum absolute atomic E-state index is 0.424. The summed E-state index contributed by atoms with van der Waals surface area (Å²) < 4.78 is 0. The Morgan fingerprint density at radius 2 is 2.00 bits per heavy atom. The number of rotatable bonds is 3.